The second-order valence-corrected chi connectivity index (χ2v) is 8.92. The number of halogens is 1. The highest BCUT2D eigenvalue weighted by Gasteiger charge is 2.22. The van der Waals surface area contributed by atoms with Gasteiger partial charge in [-0.1, -0.05) is 0 Å². The minimum Gasteiger partial charge on any atom is -0.347 e. The molecule has 0 spiro atoms. The number of aromatic amines is 1. The molecule has 1 aliphatic heterocycles. The molecule has 4 heterocycles. The number of hydrogen-bond donors (Lipinski definition) is 2. The zero-order valence-electron chi connectivity index (χ0n) is 17.7. The van der Waals surface area contributed by atoms with Crippen LogP contribution < -0.4 is 5.32 Å². The summed E-state index contributed by atoms with van der Waals surface area (Å²) in [5, 5.41) is 10.6. The van der Waals surface area contributed by atoms with Crippen molar-refractivity contribution in [2.45, 2.75) is 31.3 Å². The Balaban J connectivity index is 1.32. The van der Waals surface area contributed by atoms with E-state index in [0.29, 0.717) is 22.2 Å². The monoisotopic (exact) mass is 451 g/mol. The molecule has 1 amide bonds. The lowest BCUT2D eigenvalue weighted by molar-refractivity contribution is 0.0942. The van der Waals surface area contributed by atoms with E-state index < -0.39 is 5.82 Å². The van der Waals surface area contributed by atoms with Crippen molar-refractivity contribution in [2.75, 3.05) is 6.54 Å². The maximum absolute atomic E-state index is 14.4. The van der Waals surface area contributed by atoms with Gasteiger partial charge in [-0.15, -0.1) is 0 Å². The number of amides is 1. The van der Waals surface area contributed by atoms with E-state index in [1.165, 1.54) is 23.7 Å². The molecule has 3 aromatic heterocycles. The predicted octanol–water partition coefficient (Wildman–Crippen LogP) is 3.13. The van der Waals surface area contributed by atoms with Crippen LogP contribution in [0.15, 0.2) is 41.8 Å². The molecule has 0 saturated heterocycles. The van der Waals surface area contributed by atoms with E-state index in [0.717, 1.165) is 30.1 Å². The standard InChI is InChI=1S/C22H22FN7OS/c1-13-21(32-30-6-5-18-14(11-30)8-27-28-18)7-20(29(13)2)22(31)25-10-15-16-9-24-12-26-19(16)4-3-17(15)23/h3-4,7-9,12H,5-6,10-11H2,1-2H3,(H,25,31)(H,27,28). The number of hydrogen-bond acceptors (Lipinski definition) is 6. The van der Waals surface area contributed by atoms with Crippen molar-refractivity contribution in [2.24, 2.45) is 7.05 Å². The summed E-state index contributed by atoms with van der Waals surface area (Å²) in [6.07, 6.45) is 5.78. The van der Waals surface area contributed by atoms with E-state index in [1.807, 2.05) is 30.8 Å². The van der Waals surface area contributed by atoms with Crippen LogP contribution in [0.2, 0.25) is 0 Å². The number of benzene rings is 1. The van der Waals surface area contributed by atoms with Crippen LogP contribution in [0.3, 0.4) is 0 Å². The smallest absolute Gasteiger partial charge is 0.268 e. The van der Waals surface area contributed by atoms with Gasteiger partial charge in [0.15, 0.2) is 0 Å². The molecular formula is C22H22FN7OS. The molecule has 0 radical (unpaired) electrons. The zero-order valence-corrected chi connectivity index (χ0v) is 18.5. The molecule has 0 bridgehead atoms. The molecule has 5 rings (SSSR count). The Hall–Kier alpha value is -3.24. The Morgan fingerprint density at radius 1 is 1.34 bits per heavy atom. The first kappa shape index (κ1) is 20.7. The third kappa shape index (κ3) is 3.76. The Labute approximate surface area is 188 Å². The van der Waals surface area contributed by atoms with Crippen LogP contribution in [0.1, 0.15) is 33.0 Å². The number of carbonyl (C=O) groups excluding carboxylic acids is 1. The highest BCUT2D eigenvalue weighted by molar-refractivity contribution is 7.97. The number of carbonyl (C=O) groups is 1. The van der Waals surface area contributed by atoms with Crippen LogP contribution in [-0.2, 0) is 26.6 Å². The Bertz CT molecular complexity index is 1320. The Morgan fingerprint density at radius 2 is 2.22 bits per heavy atom. The lowest BCUT2D eigenvalue weighted by atomic mass is 10.1. The van der Waals surface area contributed by atoms with Crippen LogP contribution in [-0.4, -0.2) is 41.5 Å². The maximum atomic E-state index is 14.4. The molecule has 4 aromatic rings. The quantitative estimate of drug-likeness (QED) is 0.453. The first-order valence-electron chi connectivity index (χ1n) is 10.3. The van der Waals surface area contributed by atoms with Gasteiger partial charge in [-0.3, -0.25) is 9.89 Å². The number of aromatic nitrogens is 5. The topological polar surface area (TPSA) is 91.7 Å². The van der Waals surface area contributed by atoms with Gasteiger partial charge >= 0.3 is 0 Å². The zero-order chi connectivity index (χ0) is 22.2. The van der Waals surface area contributed by atoms with E-state index >= 15 is 0 Å². The molecule has 0 fully saturated rings. The molecule has 1 aliphatic rings. The van der Waals surface area contributed by atoms with Crippen molar-refractivity contribution < 1.29 is 9.18 Å². The lowest BCUT2D eigenvalue weighted by Crippen LogP contribution is -2.25. The van der Waals surface area contributed by atoms with Gasteiger partial charge in [-0.05, 0) is 37.1 Å². The van der Waals surface area contributed by atoms with Gasteiger partial charge in [0, 0.05) is 72.1 Å². The number of nitrogens with one attached hydrogen (secondary N) is 2. The lowest BCUT2D eigenvalue weighted by Gasteiger charge is -2.24. The van der Waals surface area contributed by atoms with Gasteiger partial charge < -0.3 is 9.88 Å². The fraction of sp³-hybridized carbons (Fsp3) is 0.273. The van der Waals surface area contributed by atoms with Gasteiger partial charge in [0.05, 0.1) is 11.7 Å². The van der Waals surface area contributed by atoms with Crippen molar-refractivity contribution in [3.63, 3.8) is 0 Å². The summed E-state index contributed by atoms with van der Waals surface area (Å²) in [7, 11) is 1.87. The van der Waals surface area contributed by atoms with Gasteiger partial charge in [0.1, 0.15) is 17.8 Å². The Kier molecular flexibility index (Phi) is 5.40. The first-order valence-corrected chi connectivity index (χ1v) is 11.0. The second-order valence-electron chi connectivity index (χ2n) is 7.78. The summed E-state index contributed by atoms with van der Waals surface area (Å²) >= 11 is 1.64. The largest absolute Gasteiger partial charge is 0.347 e. The van der Waals surface area contributed by atoms with Crippen molar-refractivity contribution in [3.8, 4) is 0 Å². The Morgan fingerprint density at radius 3 is 3.09 bits per heavy atom. The SMILES string of the molecule is Cc1c(SN2CCc3[nH]ncc3C2)cc(C(=O)NCc2c(F)ccc3ncncc23)n1C. The number of H-pyrrole nitrogens is 1. The van der Waals surface area contributed by atoms with Crippen molar-refractivity contribution >= 4 is 28.8 Å². The summed E-state index contributed by atoms with van der Waals surface area (Å²) in [5.74, 6) is -0.651. The van der Waals surface area contributed by atoms with Gasteiger partial charge in [-0.2, -0.15) is 5.10 Å². The maximum Gasteiger partial charge on any atom is 0.268 e. The van der Waals surface area contributed by atoms with Crippen LogP contribution in [0.4, 0.5) is 4.39 Å². The molecule has 32 heavy (non-hydrogen) atoms. The van der Waals surface area contributed by atoms with Gasteiger partial charge in [-0.25, -0.2) is 18.7 Å². The molecule has 0 unspecified atom stereocenters. The van der Waals surface area contributed by atoms with Gasteiger partial charge in [0.2, 0.25) is 0 Å². The molecule has 164 valence electrons. The summed E-state index contributed by atoms with van der Waals surface area (Å²) in [6.45, 7) is 3.75. The average molecular weight is 452 g/mol. The highest BCUT2D eigenvalue weighted by Crippen LogP contribution is 2.32. The summed E-state index contributed by atoms with van der Waals surface area (Å²) < 4.78 is 18.6. The molecule has 0 atom stereocenters. The van der Waals surface area contributed by atoms with E-state index in [1.54, 1.807) is 24.2 Å². The van der Waals surface area contributed by atoms with Crippen LogP contribution >= 0.6 is 11.9 Å². The van der Waals surface area contributed by atoms with Crippen molar-refractivity contribution in [1.82, 2.24) is 34.4 Å². The second kappa shape index (κ2) is 8.36. The average Bonchev–Trinajstić information content (AvgIpc) is 3.38. The number of fused-ring (bicyclic) bond motifs is 2. The van der Waals surface area contributed by atoms with Crippen LogP contribution in [0, 0.1) is 12.7 Å². The molecule has 0 saturated carbocycles. The summed E-state index contributed by atoms with van der Waals surface area (Å²) in [6, 6.07) is 4.86. The molecule has 0 aliphatic carbocycles. The third-order valence-corrected chi connectivity index (χ3v) is 7.06. The molecule has 2 N–H and O–H groups in total. The molecular weight excluding hydrogens is 429 g/mol. The summed E-state index contributed by atoms with van der Waals surface area (Å²) in [4.78, 5) is 22.1. The minimum absolute atomic E-state index is 0.0531. The number of rotatable bonds is 5. The predicted molar refractivity (Wildman–Crippen MR) is 119 cm³/mol. The molecule has 8 nitrogen and oxygen atoms in total. The van der Waals surface area contributed by atoms with Crippen molar-refractivity contribution in [3.05, 3.63) is 70.9 Å². The fourth-order valence-corrected chi connectivity index (χ4v) is 5.02. The first-order chi connectivity index (χ1) is 15.5. The van der Waals surface area contributed by atoms with Crippen LogP contribution in [0.25, 0.3) is 10.9 Å². The summed E-state index contributed by atoms with van der Waals surface area (Å²) in [5.41, 5.74) is 4.95. The minimum atomic E-state index is -0.393. The van der Waals surface area contributed by atoms with E-state index in [2.05, 4.69) is 29.8 Å². The fourth-order valence-electron chi connectivity index (χ4n) is 3.92. The molecule has 10 heteroatoms. The van der Waals surface area contributed by atoms with Crippen molar-refractivity contribution in [1.29, 1.82) is 0 Å². The normalized spacial score (nSPS) is 14.0. The third-order valence-electron chi connectivity index (χ3n) is 5.88. The highest BCUT2D eigenvalue weighted by atomic mass is 32.2. The number of nitrogens with zero attached hydrogens (tertiary/aromatic N) is 5. The molecule has 1 aromatic carbocycles. The van der Waals surface area contributed by atoms with Crippen LogP contribution in [0.5, 0.6) is 0 Å². The van der Waals surface area contributed by atoms with Gasteiger partial charge in [0.25, 0.3) is 5.91 Å². The van der Waals surface area contributed by atoms with E-state index in [-0.39, 0.29) is 12.5 Å². The van der Waals surface area contributed by atoms with E-state index in [4.69, 9.17) is 0 Å². The van der Waals surface area contributed by atoms with E-state index in [9.17, 15) is 9.18 Å².